The van der Waals surface area contributed by atoms with Gasteiger partial charge in [-0.25, -0.2) is 5.43 Å². The monoisotopic (exact) mass is 403 g/mol. The van der Waals surface area contributed by atoms with Gasteiger partial charge in [0.2, 0.25) is 0 Å². The van der Waals surface area contributed by atoms with E-state index in [0.29, 0.717) is 6.04 Å². The van der Waals surface area contributed by atoms with Gasteiger partial charge in [0.25, 0.3) is 0 Å². The summed E-state index contributed by atoms with van der Waals surface area (Å²) in [5, 5.41) is 6.01. The van der Waals surface area contributed by atoms with E-state index in [2.05, 4.69) is 59.6 Å². The number of hydrazine groups is 1. The van der Waals surface area contributed by atoms with Gasteiger partial charge in [0, 0.05) is 37.6 Å². The molecule has 3 rings (SSSR count). The van der Waals surface area contributed by atoms with Crippen LogP contribution in [0.5, 0.6) is 0 Å². The lowest BCUT2D eigenvalue weighted by atomic mass is 9.93. The number of rotatable bonds is 10. The van der Waals surface area contributed by atoms with Crippen molar-refractivity contribution < 1.29 is 0 Å². The van der Waals surface area contributed by atoms with Crippen LogP contribution in [0.25, 0.3) is 0 Å². The zero-order valence-corrected chi connectivity index (χ0v) is 19.3. The smallest absolute Gasteiger partial charge is 0.0639 e. The van der Waals surface area contributed by atoms with Crippen LogP contribution in [0.4, 0.5) is 0 Å². The van der Waals surface area contributed by atoms with Gasteiger partial charge in [-0.15, -0.1) is 0 Å². The van der Waals surface area contributed by atoms with Crippen LogP contribution < -0.4 is 10.7 Å². The van der Waals surface area contributed by atoms with Gasteiger partial charge in [0.05, 0.1) is 12.1 Å². The summed E-state index contributed by atoms with van der Waals surface area (Å²) in [4.78, 5) is 5.21. The van der Waals surface area contributed by atoms with E-state index in [4.69, 9.17) is 0 Å². The predicted octanol–water partition coefficient (Wildman–Crippen LogP) is 3.42. The largest absolute Gasteiger partial charge is 0.379 e. The summed E-state index contributed by atoms with van der Waals surface area (Å²) in [6.45, 7) is 20.3. The van der Waals surface area contributed by atoms with Gasteiger partial charge in [-0.1, -0.05) is 32.9 Å². The minimum absolute atomic E-state index is 0.210. The van der Waals surface area contributed by atoms with Crippen LogP contribution >= 0.6 is 0 Å². The van der Waals surface area contributed by atoms with Crippen molar-refractivity contribution in [2.24, 2.45) is 11.8 Å². The molecule has 1 aliphatic carbocycles. The fourth-order valence-electron chi connectivity index (χ4n) is 5.52. The Morgan fingerprint density at radius 3 is 2.55 bits per heavy atom. The van der Waals surface area contributed by atoms with Crippen molar-refractivity contribution in [1.29, 1.82) is 0 Å². The van der Waals surface area contributed by atoms with Crippen LogP contribution in [0.1, 0.15) is 58.8 Å². The van der Waals surface area contributed by atoms with Gasteiger partial charge < -0.3 is 15.2 Å². The molecular weight excluding hydrogens is 358 g/mol. The lowest BCUT2D eigenvalue weighted by Crippen LogP contribution is -2.49. The van der Waals surface area contributed by atoms with Crippen LogP contribution in [0.15, 0.2) is 24.6 Å². The molecule has 3 unspecified atom stereocenters. The molecule has 0 aromatic carbocycles. The number of nitrogens with one attached hydrogen (secondary N) is 2. The average molecular weight is 404 g/mol. The SMILES string of the molecule is C=C(NC(C)C(=C)N1CCCCN1)C(C1CCCC1)N1CCC(CN(C)CC)C1. The summed E-state index contributed by atoms with van der Waals surface area (Å²) in [5.41, 5.74) is 5.84. The lowest BCUT2D eigenvalue weighted by Gasteiger charge is -2.38. The summed E-state index contributed by atoms with van der Waals surface area (Å²) in [7, 11) is 2.25. The third kappa shape index (κ3) is 5.99. The highest BCUT2D eigenvalue weighted by Crippen LogP contribution is 2.35. The molecule has 0 aromatic rings. The molecule has 3 atom stereocenters. The van der Waals surface area contributed by atoms with E-state index in [1.54, 1.807) is 0 Å². The zero-order valence-electron chi connectivity index (χ0n) is 19.3. The first kappa shape index (κ1) is 22.6. The third-order valence-electron chi connectivity index (χ3n) is 7.38. The maximum Gasteiger partial charge on any atom is 0.0639 e. The number of hydrogen-bond acceptors (Lipinski definition) is 5. The van der Waals surface area contributed by atoms with E-state index in [0.717, 1.165) is 37.2 Å². The molecule has 2 N–H and O–H groups in total. The van der Waals surface area contributed by atoms with Crippen LogP contribution in [0, 0.1) is 11.8 Å². The average Bonchev–Trinajstić information content (AvgIpc) is 3.41. The standard InChI is InChI=1S/C24H45N5/c1-6-27(5)17-22-13-16-28(18-22)24(23-11-7-8-12-23)20(3)26-19(2)21(4)29-15-10-9-14-25-29/h19,22-26H,3-4,6-18H2,1-2,5H3. The first-order valence-corrected chi connectivity index (χ1v) is 12.1. The maximum absolute atomic E-state index is 4.57. The van der Waals surface area contributed by atoms with Crippen molar-refractivity contribution in [3.05, 3.63) is 24.6 Å². The molecule has 2 saturated heterocycles. The van der Waals surface area contributed by atoms with E-state index in [9.17, 15) is 0 Å². The second-order valence-corrected chi connectivity index (χ2v) is 9.64. The molecule has 2 aliphatic heterocycles. The minimum Gasteiger partial charge on any atom is -0.379 e. The molecule has 0 radical (unpaired) electrons. The fraction of sp³-hybridized carbons (Fsp3) is 0.833. The lowest BCUT2D eigenvalue weighted by molar-refractivity contribution is 0.174. The first-order valence-electron chi connectivity index (χ1n) is 12.1. The third-order valence-corrected chi connectivity index (χ3v) is 7.38. The Morgan fingerprint density at radius 1 is 1.14 bits per heavy atom. The van der Waals surface area contributed by atoms with E-state index in [1.165, 1.54) is 70.3 Å². The molecule has 0 amide bonds. The molecule has 0 spiro atoms. The van der Waals surface area contributed by atoms with Crippen molar-refractivity contribution in [2.45, 2.75) is 70.9 Å². The maximum atomic E-state index is 4.57. The van der Waals surface area contributed by atoms with Crippen LogP contribution in [0.2, 0.25) is 0 Å². The quantitative estimate of drug-likeness (QED) is 0.584. The van der Waals surface area contributed by atoms with Gasteiger partial charge in [-0.05, 0) is 71.0 Å². The summed E-state index contributed by atoms with van der Waals surface area (Å²) < 4.78 is 0. The molecule has 5 nitrogen and oxygen atoms in total. The number of hydrogen-bond donors (Lipinski definition) is 2. The summed E-state index contributed by atoms with van der Waals surface area (Å²) in [6.07, 6.45) is 9.28. The number of likely N-dealkylation sites (tertiary alicyclic amines) is 1. The Morgan fingerprint density at radius 2 is 1.90 bits per heavy atom. The van der Waals surface area contributed by atoms with E-state index < -0.39 is 0 Å². The van der Waals surface area contributed by atoms with Crippen LogP contribution in [-0.4, -0.2) is 73.2 Å². The number of nitrogens with zero attached hydrogens (tertiary/aromatic N) is 3. The minimum atomic E-state index is 0.210. The van der Waals surface area contributed by atoms with E-state index in [-0.39, 0.29) is 6.04 Å². The van der Waals surface area contributed by atoms with Gasteiger partial charge in [0.15, 0.2) is 0 Å². The van der Waals surface area contributed by atoms with Crippen molar-refractivity contribution in [3.63, 3.8) is 0 Å². The Hall–Kier alpha value is -1.04. The molecular formula is C24H45N5. The fourth-order valence-corrected chi connectivity index (χ4v) is 5.52. The zero-order chi connectivity index (χ0) is 20.8. The Bertz CT molecular complexity index is 535. The molecule has 0 aromatic heterocycles. The second kappa shape index (κ2) is 10.8. The molecule has 29 heavy (non-hydrogen) atoms. The van der Waals surface area contributed by atoms with Crippen LogP contribution in [0.3, 0.4) is 0 Å². The van der Waals surface area contributed by atoms with Crippen molar-refractivity contribution >= 4 is 0 Å². The Balaban J connectivity index is 1.60. The highest BCUT2D eigenvalue weighted by molar-refractivity contribution is 5.14. The summed E-state index contributed by atoms with van der Waals surface area (Å²) in [6, 6.07) is 0.681. The summed E-state index contributed by atoms with van der Waals surface area (Å²) in [5.74, 6) is 1.55. The second-order valence-electron chi connectivity index (χ2n) is 9.64. The van der Waals surface area contributed by atoms with E-state index in [1.807, 2.05) is 0 Å². The molecule has 5 heteroatoms. The van der Waals surface area contributed by atoms with E-state index >= 15 is 0 Å². The first-order chi connectivity index (χ1) is 14.0. The molecule has 3 aliphatic rings. The molecule has 166 valence electrons. The molecule has 0 bridgehead atoms. The Kier molecular flexibility index (Phi) is 8.45. The van der Waals surface area contributed by atoms with Crippen molar-refractivity contribution in [1.82, 2.24) is 25.6 Å². The topological polar surface area (TPSA) is 33.8 Å². The van der Waals surface area contributed by atoms with Gasteiger partial charge >= 0.3 is 0 Å². The highest BCUT2D eigenvalue weighted by atomic mass is 15.5. The highest BCUT2D eigenvalue weighted by Gasteiger charge is 2.36. The normalized spacial score (nSPS) is 26.1. The molecule has 2 heterocycles. The molecule has 1 saturated carbocycles. The van der Waals surface area contributed by atoms with Crippen molar-refractivity contribution in [2.75, 3.05) is 46.3 Å². The molecule has 3 fully saturated rings. The summed E-state index contributed by atoms with van der Waals surface area (Å²) >= 11 is 0. The predicted molar refractivity (Wildman–Crippen MR) is 123 cm³/mol. The van der Waals surface area contributed by atoms with Crippen LogP contribution in [-0.2, 0) is 0 Å². The van der Waals surface area contributed by atoms with Gasteiger partial charge in [-0.2, -0.15) is 0 Å². The van der Waals surface area contributed by atoms with Gasteiger partial charge in [-0.3, -0.25) is 4.90 Å². The van der Waals surface area contributed by atoms with Gasteiger partial charge in [0.1, 0.15) is 0 Å². The Labute approximate surface area is 179 Å². The van der Waals surface area contributed by atoms with Crippen molar-refractivity contribution in [3.8, 4) is 0 Å².